The Labute approximate surface area is 182 Å². The van der Waals surface area contributed by atoms with Gasteiger partial charge in [-0.3, -0.25) is 0 Å². The summed E-state index contributed by atoms with van der Waals surface area (Å²) in [5, 5.41) is 0.618. The summed E-state index contributed by atoms with van der Waals surface area (Å²) in [5.74, 6) is 0.506. The number of pyridine rings is 1. The number of nitrogens with zero attached hydrogens (tertiary/aromatic N) is 4. The van der Waals surface area contributed by atoms with E-state index in [9.17, 15) is 0 Å². The minimum absolute atomic E-state index is 0.301. The highest BCUT2D eigenvalue weighted by Crippen LogP contribution is 2.35. The van der Waals surface area contributed by atoms with Crippen molar-refractivity contribution in [2.75, 3.05) is 13.6 Å². The van der Waals surface area contributed by atoms with E-state index in [0.29, 0.717) is 17.5 Å². The predicted octanol–water partition coefficient (Wildman–Crippen LogP) is 6.12. The first-order chi connectivity index (χ1) is 13.5. The maximum Gasteiger partial charge on any atom is 0.228 e. The largest absolute Gasteiger partial charge is 0.471 e. The zero-order chi connectivity index (χ0) is 20.1. The predicted molar refractivity (Wildman–Crippen MR) is 120 cm³/mol. The molecule has 2 aromatic heterocycles. The molecule has 0 aliphatic heterocycles. The molecule has 0 aliphatic rings. The monoisotopic (exact) mass is 478 g/mol. The van der Waals surface area contributed by atoms with Gasteiger partial charge in [-0.15, -0.1) is 0 Å². The molecular formula is C20H20BrClN4OS. The molecule has 0 amide bonds. The lowest BCUT2D eigenvalue weighted by Gasteiger charge is -2.11. The lowest BCUT2D eigenvalue weighted by molar-refractivity contribution is 0.295. The summed E-state index contributed by atoms with van der Waals surface area (Å²) < 4.78 is 11.1. The first kappa shape index (κ1) is 20.8. The Morgan fingerprint density at radius 2 is 2.07 bits per heavy atom. The molecule has 0 atom stereocenters. The molecule has 2 heterocycles. The van der Waals surface area contributed by atoms with E-state index in [2.05, 4.69) is 37.2 Å². The maximum absolute atomic E-state index is 6.52. The summed E-state index contributed by atoms with van der Waals surface area (Å²) in [6.07, 6.45) is 1.79. The van der Waals surface area contributed by atoms with Gasteiger partial charge in [-0.1, -0.05) is 41.9 Å². The second-order valence-corrected chi connectivity index (χ2v) is 8.21. The molecule has 28 heavy (non-hydrogen) atoms. The van der Waals surface area contributed by atoms with E-state index in [1.54, 1.807) is 6.34 Å². The molecule has 0 saturated heterocycles. The number of rotatable bonds is 7. The van der Waals surface area contributed by atoms with Gasteiger partial charge in [-0.05, 0) is 47.4 Å². The molecule has 0 spiro atoms. The van der Waals surface area contributed by atoms with Crippen LogP contribution in [0.3, 0.4) is 0 Å². The molecule has 3 aromatic rings. The zero-order valence-corrected chi connectivity index (χ0v) is 19.0. The van der Waals surface area contributed by atoms with E-state index in [0.717, 1.165) is 38.5 Å². The van der Waals surface area contributed by atoms with Crippen molar-refractivity contribution < 1.29 is 4.74 Å². The molecule has 0 fully saturated rings. The summed E-state index contributed by atoms with van der Waals surface area (Å²) in [7, 11) is 1.97. The zero-order valence-electron chi connectivity index (χ0n) is 15.8. The third-order valence-electron chi connectivity index (χ3n) is 4.09. The van der Waals surface area contributed by atoms with Crippen molar-refractivity contribution in [1.82, 2.24) is 14.3 Å². The van der Waals surface area contributed by atoms with Crippen LogP contribution in [0.1, 0.15) is 17.5 Å². The minimum Gasteiger partial charge on any atom is -0.471 e. The van der Waals surface area contributed by atoms with Crippen LogP contribution in [0.4, 0.5) is 5.69 Å². The van der Waals surface area contributed by atoms with E-state index in [-0.39, 0.29) is 0 Å². The standard InChI is InChI=1S/C20H20BrClN4OS/c1-4-26(3)12-23-16-10-15(21)20(24-13(16)2)27-11-17-18(22)19(25-28-17)14-8-6-5-7-9-14/h5-10,12H,4,11H2,1-3H3. The maximum atomic E-state index is 6.52. The van der Waals surface area contributed by atoms with Gasteiger partial charge in [0, 0.05) is 19.2 Å². The van der Waals surface area contributed by atoms with Crippen LogP contribution in [-0.4, -0.2) is 34.2 Å². The first-order valence-corrected chi connectivity index (χ1v) is 10.7. The van der Waals surface area contributed by atoms with Gasteiger partial charge < -0.3 is 9.64 Å². The highest BCUT2D eigenvalue weighted by atomic mass is 79.9. The average molecular weight is 480 g/mol. The van der Waals surface area contributed by atoms with E-state index >= 15 is 0 Å². The quantitative estimate of drug-likeness (QED) is 0.302. The molecule has 0 N–H and O–H groups in total. The fourth-order valence-electron chi connectivity index (χ4n) is 2.34. The highest BCUT2D eigenvalue weighted by Gasteiger charge is 2.15. The highest BCUT2D eigenvalue weighted by molar-refractivity contribution is 9.10. The number of halogens is 2. The second-order valence-electron chi connectivity index (χ2n) is 6.12. The molecule has 0 bridgehead atoms. The number of hydrogen-bond donors (Lipinski definition) is 0. The van der Waals surface area contributed by atoms with Crippen LogP contribution in [0, 0.1) is 6.92 Å². The van der Waals surface area contributed by atoms with Gasteiger partial charge in [0.2, 0.25) is 5.88 Å². The number of hydrogen-bond acceptors (Lipinski definition) is 5. The Bertz CT molecular complexity index is 978. The summed E-state index contributed by atoms with van der Waals surface area (Å²) >= 11 is 11.4. The number of aliphatic imine (C=N–C) groups is 1. The summed E-state index contributed by atoms with van der Waals surface area (Å²) in [6, 6.07) is 11.8. The van der Waals surface area contributed by atoms with Crippen molar-refractivity contribution in [2.24, 2.45) is 4.99 Å². The van der Waals surface area contributed by atoms with E-state index in [1.165, 1.54) is 11.5 Å². The smallest absolute Gasteiger partial charge is 0.228 e. The summed E-state index contributed by atoms with van der Waals surface area (Å²) in [5.41, 5.74) is 3.35. The van der Waals surface area contributed by atoms with Crippen molar-refractivity contribution >= 4 is 51.1 Å². The number of benzene rings is 1. The fourth-order valence-corrected chi connectivity index (χ4v) is 3.80. The van der Waals surface area contributed by atoms with Crippen LogP contribution in [0.2, 0.25) is 5.02 Å². The van der Waals surface area contributed by atoms with Gasteiger partial charge in [0.15, 0.2) is 0 Å². The van der Waals surface area contributed by atoms with E-state index in [4.69, 9.17) is 16.3 Å². The van der Waals surface area contributed by atoms with Gasteiger partial charge in [0.25, 0.3) is 0 Å². The van der Waals surface area contributed by atoms with Crippen LogP contribution in [0.15, 0.2) is 45.9 Å². The van der Waals surface area contributed by atoms with Crippen molar-refractivity contribution in [3.63, 3.8) is 0 Å². The van der Waals surface area contributed by atoms with Gasteiger partial charge in [-0.25, -0.2) is 9.98 Å². The number of ether oxygens (including phenoxy) is 1. The topological polar surface area (TPSA) is 50.6 Å². The molecule has 1 aromatic carbocycles. The second kappa shape index (κ2) is 9.49. The fraction of sp³-hybridized carbons (Fsp3) is 0.250. The molecule has 0 aliphatic carbocycles. The average Bonchev–Trinajstić information content (AvgIpc) is 3.08. The van der Waals surface area contributed by atoms with Crippen LogP contribution in [0.5, 0.6) is 5.88 Å². The van der Waals surface area contributed by atoms with Crippen molar-refractivity contribution in [3.8, 4) is 17.1 Å². The number of aryl methyl sites for hydroxylation is 1. The minimum atomic E-state index is 0.301. The third-order valence-corrected chi connectivity index (χ3v) is 5.99. The Hall–Kier alpha value is -1.96. The normalized spacial score (nSPS) is 11.2. The molecule has 5 nitrogen and oxygen atoms in total. The van der Waals surface area contributed by atoms with Crippen LogP contribution >= 0.6 is 39.1 Å². The Kier molecular flexibility index (Phi) is 7.04. The molecular weight excluding hydrogens is 460 g/mol. The van der Waals surface area contributed by atoms with Gasteiger partial charge >= 0.3 is 0 Å². The first-order valence-electron chi connectivity index (χ1n) is 8.73. The van der Waals surface area contributed by atoms with Crippen LogP contribution in [-0.2, 0) is 6.61 Å². The van der Waals surface area contributed by atoms with E-state index < -0.39 is 0 Å². The lowest BCUT2D eigenvalue weighted by atomic mass is 10.1. The SMILES string of the molecule is CCN(C)C=Nc1cc(Br)c(OCc2snc(-c3ccccc3)c2Cl)nc1C. The van der Waals surface area contributed by atoms with E-state index in [1.807, 2.05) is 55.3 Å². The lowest BCUT2D eigenvalue weighted by Crippen LogP contribution is -2.14. The molecule has 0 unspecified atom stereocenters. The van der Waals surface area contributed by atoms with Crippen molar-refractivity contribution in [1.29, 1.82) is 0 Å². The van der Waals surface area contributed by atoms with Crippen LogP contribution < -0.4 is 4.74 Å². The molecule has 0 saturated carbocycles. The Morgan fingerprint density at radius 1 is 1.32 bits per heavy atom. The van der Waals surface area contributed by atoms with Gasteiger partial charge in [-0.2, -0.15) is 4.37 Å². The Morgan fingerprint density at radius 3 is 2.79 bits per heavy atom. The Balaban J connectivity index is 1.74. The van der Waals surface area contributed by atoms with Gasteiger partial charge in [0.05, 0.1) is 32.1 Å². The molecule has 146 valence electrons. The van der Waals surface area contributed by atoms with Crippen LogP contribution in [0.25, 0.3) is 11.3 Å². The van der Waals surface area contributed by atoms with Gasteiger partial charge in [0.1, 0.15) is 12.3 Å². The third kappa shape index (κ3) is 4.90. The number of aromatic nitrogens is 2. The molecule has 0 radical (unpaired) electrons. The summed E-state index contributed by atoms with van der Waals surface area (Å²) in [4.78, 5) is 11.9. The van der Waals surface area contributed by atoms with Crippen molar-refractivity contribution in [3.05, 3.63) is 56.5 Å². The molecule has 8 heteroatoms. The molecule has 3 rings (SSSR count). The van der Waals surface area contributed by atoms with Crippen molar-refractivity contribution in [2.45, 2.75) is 20.5 Å². The summed E-state index contributed by atoms with van der Waals surface area (Å²) in [6.45, 7) is 5.16.